The van der Waals surface area contributed by atoms with Crippen LogP contribution in [0.1, 0.15) is 16.2 Å². The highest BCUT2D eigenvalue weighted by molar-refractivity contribution is 9.10. The lowest BCUT2D eigenvalue weighted by molar-refractivity contribution is 0.0990. The molecule has 0 spiro atoms. The van der Waals surface area contributed by atoms with Gasteiger partial charge in [-0.15, -0.1) is 0 Å². The van der Waals surface area contributed by atoms with Gasteiger partial charge in [-0.25, -0.2) is 4.98 Å². The summed E-state index contributed by atoms with van der Waals surface area (Å²) in [6.07, 6.45) is 3.87. The minimum atomic E-state index is 0.0850. The Balaban J connectivity index is 2.15. The zero-order chi connectivity index (χ0) is 11.5. The molecule has 2 rings (SSSR count). The van der Waals surface area contributed by atoms with Gasteiger partial charge in [0.25, 0.3) is 0 Å². The SMILES string of the molecule is Cn1ccnc1CC(=O)c1ccc(Br)cc1. The van der Waals surface area contributed by atoms with Crippen LogP contribution in [-0.4, -0.2) is 15.3 Å². The first-order chi connectivity index (χ1) is 7.66. The monoisotopic (exact) mass is 278 g/mol. The molecule has 0 amide bonds. The molecule has 16 heavy (non-hydrogen) atoms. The third-order valence-electron chi connectivity index (χ3n) is 2.41. The van der Waals surface area contributed by atoms with Crippen LogP contribution >= 0.6 is 15.9 Å². The largest absolute Gasteiger partial charge is 0.338 e. The van der Waals surface area contributed by atoms with Gasteiger partial charge in [-0.3, -0.25) is 4.79 Å². The maximum Gasteiger partial charge on any atom is 0.170 e. The predicted octanol–water partition coefficient (Wildman–Crippen LogP) is 2.61. The van der Waals surface area contributed by atoms with Gasteiger partial charge in [0.05, 0.1) is 6.42 Å². The van der Waals surface area contributed by atoms with Crippen molar-refractivity contribution in [3.8, 4) is 0 Å². The average Bonchev–Trinajstić information content (AvgIpc) is 2.65. The van der Waals surface area contributed by atoms with Gasteiger partial charge in [0.2, 0.25) is 0 Å². The molecule has 0 saturated carbocycles. The molecule has 3 nitrogen and oxygen atoms in total. The molecule has 0 N–H and O–H groups in total. The lowest BCUT2D eigenvalue weighted by Gasteiger charge is -2.01. The van der Waals surface area contributed by atoms with E-state index in [-0.39, 0.29) is 5.78 Å². The quantitative estimate of drug-likeness (QED) is 0.809. The van der Waals surface area contributed by atoms with Crippen molar-refractivity contribution in [2.24, 2.45) is 7.05 Å². The van der Waals surface area contributed by atoms with Crippen molar-refractivity contribution in [2.45, 2.75) is 6.42 Å². The molecule has 82 valence electrons. The van der Waals surface area contributed by atoms with Crippen LogP contribution in [0.3, 0.4) is 0 Å². The van der Waals surface area contributed by atoms with E-state index in [1.165, 1.54) is 0 Å². The van der Waals surface area contributed by atoms with E-state index >= 15 is 0 Å². The van der Waals surface area contributed by atoms with Gasteiger partial charge in [-0.2, -0.15) is 0 Å². The number of aromatic nitrogens is 2. The topological polar surface area (TPSA) is 34.9 Å². The number of aryl methyl sites for hydroxylation is 1. The first-order valence-corrected chi connectivity index (χ1v) is 5.71. The number of Topliss-reactive ketones (excluding diaryl/α,β-unsaturated/α-hetero) is 1. The summed E-state index contributed by atoms with van der Waals surface area (Å²) in [5.74, 6) is 0.870. The van der Waals surface area contributed by atoms with Crippen molar-refractivity contribution < 1.29 is 4.79 Å². The minimum absolute atomic E-state index is 0.0850. The van der Waals surface area contributed by atoms with Crippen molar-refractivity contribution in [1.29, 1.82) is 0 Å². The zero-order valence-electron chi connectivity index (χ0n) is 8.85. The summed E-state index contributed by atoms with van der Waals surface area (Å²) in [5, 5.41) is 0. The molecule has 0 radical (unpaired) electrons. The smallest absolute Gasteiger partial charge is 0.170 e. The third kappa shape index (κ3) is 2.39. The Morgan fingerprint density at radius 3 is 2.62 bits per heavy atom. The van der Waals surface area contributed by atoms with Gasteiger partial charge in [0, 0.05) is 29.5 Å². The van der Waals surface area contributed by atoms with E-state index in [1.807, 2.05) is 42.1 Å². The number of hydrogen-bond acceptors (Lipinski definition) is 2. The molecule has 0 aliphatic rings. The standard InChI is InChI=1S/C12H11BrN2O/c1-15-7-6-14-12(15)8-11(16)9-2-4-10(13)5-3-9/h2-7H,8H2,1H3. The van der Waals surface area contributed by atoms with E-state index in [0.717, 1.165) is 10.3 Å². The molecule has 1 aromatic heterocycles. The summed E-state index contributed by atoms with van der Waals surface area (Å²) >= 11 is 3.34. The van der Waals surface area contributed by atoms with E-state index in [2.05, 4.69) is 20.9 Å². The molecule has 0 aliphatic carbocycles. The highest BCUT2D eigenvalue weighted by atomic mass is 79.9. The highest BCUT2D eigenvalue weighted by Crippen LogP contribution is 2.12. The number of benzene rings is 1. The first kappa shape index (κ1) is 11.1. The maximum atomic E-state index is 11.9. The molecule has 0 unspecified atom stereocenters. The van der Waals surface area contributed by atoms with Gasteiger partial charge < -0.3 is 4.57 Å². The molecule has 4 heteroatoms. The number of imidazole rings is 1. The molecule has 0 aliphatic heterocycles. The molecule has 1 aromatic carbocycles. The number of hydrogen-bond donors (Lipinski definition) is 0. The third-order valence-corrected chi connectivity index (χ3v) is 2.93. The Hall–Kier alpha value is -1.42. The summed E-state index contributed by atoms with van der Waals surface area (Å²) in [7, 11) is 1.89. The predicted molar refractivity (Wildman–Crippen MR) is 65.4 cm³/mol. The number of carbonyl (C=O) groups is 1. The van der Waals surface area contributed by atoms with Crippen LogP contribution < -0.4 is 0 Å². The van der Waals surface area contributed by atoms with E-state index in [4.69, 9.17) is 0 Å². The molecular weight excluding hydrogens is 268 g/mol. The summed E-state index contributed by atoms with van der Waals surface area (Å²) in [6.45, 7) is 0. The summed E-state index contributed by atoms with van der Waals surface area (Å²) in [5.41, 5.74) is 0.714. The second-order valence-corrected chi connectivity index (χ2v) is 4.48. The number of ketones is 1. The number of nitrogens with zero attached hydrogens (tertiary/aromatic N) is 2. The average molecular weight is 279 g/mol. The number of halogens is 1. The van der Waals surface area contributed by atoms with Gasteiger partial charge in [0.1, 0.15) is 5.82 Å². The fourth-order valence-corrected chi connectivity index (χ4v) is 1.71. The van der Waals surface area contributed by atoms with E-state index in [9.17, 15) is 4.79 Å². The summed E-state index contributed by atoms with van der Waals surface area (Å²) < 4.78 is 2.83. The van der Waals surface area contributed by atoms with Crippen LogP contribution in [0.25, 0.3) is 0 Å². The molecule has 0 fully saturated rings. The Labute approximate surface area is 102 Å². The van der Waals surface area contributed by atoms with Crippen LogP contribution in [0, 0.1) is 0 Å². The van der Waals surface area contributed by atoms with Crippen LogP contribution in [0.4, 0.5) is 0 Å². The van der Waals surface area contributed by atoms with Crippen LogP contribution in [0.5, 0.6) is 0 Å². The molecule has 1 heterocycles. The van der Waals surface area contributed by atoms with Crippen molar-refractivity contribution >= 4 is 21.7 Å². The Morgan fingerprint density at radius 2 is 2.06 bits per heavy atom. The van der Waals surface area contributed by atoms with Gasteiger partial charge in [0.15, 0.2) is 5.78 Å². The zero-order valence-corrected chi connectivity index (χ0v) is 10.4. The molecule has 0 atom stereocenters. The number of carbonyl (C=O) groups excluding carboxylic acids is 1. The van der Waals surface area contributed by atoms with Crippen molar-refractivity contribution in [1.82, 2.24) is 9.55 Å². The van der Waals surface area contributed by atoms with E-state index in [0.29, 0.717) is 12.0 Å². The second-order valence-electron chi connectivity index (χ2n) is 3.56. The van der Waals surface area contributed by atoms with Crippen molar-refractivity contribution in [3.05, 3.63) is 52.5 Å². The molecular formula is C12H11BrN2O. The normalized spacial score (nSPS) is 10.4. The lowest BCUT2D eigenvalue weighted by Crippen LogP contribution is -2.07. The second kappa shape index (κ2) is 4.61. The van der Waals surface area contributed by atoms with E-state index in [1.54, 1.807) is 6.20 Å². The molecule has 0 bridgehead atoms. The maximum absolute atomic E-state index is 11.9. The lowest BCUT2D eigenvalue weighted by atomic mass is 10.1. The Kier molecular flexibility index (Phi) is 3.19. The Bertz CT molecular complexity index is 502. The van der Waals surface area contributed by atoms with Crippen molar-refractivity contribution in [3.63, 3.8) is 0 Å². The van der Waals surface area contributed by atoms with Gasteiger partial charge in [-0.1, -0.05) is 28.1 Å². The first-order valence-electron chi connectivity index (χ1n) is 4.92. The minimum Gasteiger partial charge on any atom is -0.338 e. The fraction of sp³-hybridized carbons (Fsp3) is 0.167. The summed E-state index contributed by atoms with van der Waals surface area (Å²) in [4.78, 5) is 16.0. The van der Waals surface area contributed by atoms with Crippen LogP contribution in [0.2, 0.25) is 0 Å². The van der Waals surface area contributed by atoms with Crippen molar-refractivity contribution in [2.75, 3.05) is 0 Å². The van der Waals surface area contributed by atoms with Crippen LogP contribution in [0.15, 0.2) is 41.1 Å². The fourth-order valence-electron chi connectivity index (χ4n) is 1.45. The van der Waals surface area contributed by atoms with Gasteiger partial charge in [-0.05, 0) is 12.1 Å². The highest BCUT2D eigenvalue weighted by Gasteiger charge is 2.09. The Morgan fingerprint density at radius 1 is 1.38 bits per heavy atom. The molecule has 0 saturated heterocycles. The van der Waals surface area contributed by atoms with E-state index < -0.39 is 0 Å². The number of rotatable bonds is 3. The molecule has 2 aromatic rings. The summed E-state index contributed by atoms with van der Waals surface area (Å²) in [6, 6.07) is 7.36. The van der Waals surface area contributed by atoms with Crippen LogP contribution in [-0.2, 0) is 13.5 Å². The van der Waals surface area contributed by atoms with Gasteiger partial charge >= 0.3 is 0 Å².